The zero-order valence-corrected chi connectivity index (χ0v) is 12.4. The smallest absolute Gasteiger partial charge is 0.381 e. The van der Waals surface area contributed by atoms with Gasteiger partial charge in [0, 0.05) is 23.9 Å². The number of aromatic nitrogens is 2. The molecule has 0 saturated heterocycles. The minimum absolute atomic E-state index is 0.267. The fraction of sp³-hybridized carbons (Fsp3) is 0.600. The lowest BCUT2D eigenvalue weighted by Gasteiger charge is -2.19. The fourth-order valence-electron chi connectivity index (χ4n) is 1.10. The summed E-state index contributed by atoms with van der Waals surface area (Å²) in [5.41, 5.74) is 0. The highest BCUT2D eigenvalue weighted by molar-refractivity contribution is 8.07. The first-order chi connectivity index (χ1) is 8.63. The van der Waals surface area contributed by atoms with Gasteiger partial charge < -0.3 is 9.26 Å². The van der Waals surface area contributed by atoms with E-state index in [0.717, 1.165) is 0 Å². The van der Waals surface area contributed by atoms with Gasteiger partial charge in [-0.25, -0.2) is 0 Å². The van der Waals surface area contributed by atoms with Crippen LogP contribution in [0.5, 0.6) is 11.8 Å². The van der Waals surface area contributed by atoms with Crippen LogP contribution in [0.25, 0.3) is 0 Å². The standard InChI is InChI=1S/C10H17N2O4PS/c1-4-13-9-7-8-10(12-11-9)16-17(18,14-5-2)15-6-3/h7-8H,4-6H2,1-3H3. The van der Waals surface area contributed by atoms with Crippen molar-refractivity contribution in [1.29, 1.82) is 0 Å². The number of nitrogens with zero attached hydrogens (tertiary/aromatic N) is 2. The summed E-state index contributed by atoms with van der Waals surface area (Å²) in [4.78, 5) is 0. The van der Waals surface area contributed by atoms with E-state index in [1.54, 1.807) is 12.1 Å². The molecule has 0 unspecified atom stereocenters. The maximum absolute atomic E-state index is 5.47. The molecule has 1 aromatic rings. The summed E-state index contributed by atoms with van der Waals surface area (Å²) in [5.74, 6) is 0.703. The van der Waals surface area contributed by atoms with Crippen molar-refractivity contribution in [3.8, 4) is 11.8 Å². The second-order valence-electron chi connectivity index (χ2n) is 3.02. The van der Waals surface area contributed by atoms with Crippen LogP contribution < -0.4 is 9.26 Å². The van der Waals surface area contributed by atoms with Crippen LogP contribution in [0.3, 0.4) is 0 Å². The van der Waals surface area contributed by atoms with E-state index in [4.69, 9.17) is 30.1 Å². The van der Waals surface area contributed by atoms with Gasteiger partial charge in [0.15, 0.2) is 0 Å². The molecule has 18 heavy (non-hydrogen) atoms. The molecule has 0 fully saturated rings. The summed E-state index contributed by atoms with van der Waals surface area (Å²) >= 11 is 5.21. The Bertz CT molecular complexity index is 391. The SMILES string of the molecule is CCOc1ccc(OP(=S)(OCC)OCC)nn1. The normalized spacial score (nSPS) is 11.3. The monoisotopic (exact) mass is 292 g/mol. The van der Waals surface area contributed by atoms with Crippen LogP contribution in [0, 0.1) is 0 Å². The summed E-state index contributed by atoms with van der Waals surface area (Å²) in [6.45, 7) is 4.11. The Hall–Kier alpha value is -0.750. The molecule has 0 atom stereocenters. The van der Waals surface area contributed by atoms with Crippen molar-refractivity contribution >= 4 is 18.5 Å². The highest BCUT2D eigenvalue weighted by Crippen LogP contribution is 2.49. The zero-order chi connectivity index (χ0) is 13.4. The minimum atomic E-state index is -2.78. The first-order valence-corrected chi connectivity index (χ1v) is 8.24. The van der Waals surface area contributed by atoms with E-state index in [2.05, 4.69) is 10.2 Å². The fourth-order valence-corrected chi connectivity index (χ4v) is 3.10. The van der Waals surface area contributed by atoms with Gasteiger partial charge in [-0.15, -0.1) is 10.2 Å². The number of ether oxygens (including phenoxy) is 1. The Balaban J connectivity index is 2.71. The average molecular weight is 292 g/mol. The maximum Gasteiger partial charge on any atom is 0.381 e. The molecule has 1 rings (SSSR count). The Kier molecular flexibility index (Phi) is 6.49. The Morgan fingerprint density at radius 2 is 1.56 bits per heavy atom. The quantitative estimate of drug-likeness (QED) is 0.682. The van der Waals surface area contributed by atoms with Gasteiger partial charge in [0.1, 0.15) is 0 Å². The first kappa shape index (κ1) is 15.3. The summed E-state index contributed by atoms with van der Waals surface area (Å²) in [5, 5.41) is 7.69. The van der Waals surface area contributed by atoms with Gasteiger partial charge in [-0.3, -0.25) is 9.05 Å². The molecule has 8 heteroatoms. The van der Waals surface area contributed by atoms with Gasteiger partial charge in [0.25, 0.3) is 0 Å². The van der Waals surface area contributed by atoms with Gasteiger partial charge in [-0.2, -0.15) is 0 Å². The van der Waals surface area contributed by atoms with E-state index in [1.165, 1.54) is 0 Å². The van der Waals surface area contributed by atoms with Crippen LogP contribution >= 0.6 is 6.72 Å². The third-order valence-corrected chi connectivity index (χ3v) is 4.10. The highest BCUT2D eigenvalue weighted by Gasteiger charge is 2.22. The molecule has 6 nitrogen and oxygen atoms in total. The minimum Gasteiger partial charge on any atom is -0.477 e. The molecular formula is C10H17N2O4PS. The molecule has 0 aromatic carbocycles. The molecule has 0 N–H and O–H groups in total. The average Bonchev–Trinajstić information content (AvgIpc) is 2.32. The summed E-state index contributed by atoms with van der Waals surface area (Å²) in [6, 6.07) is 3.28. The van der Waals surface area contributed by atoms with E-state index in [1.807, 2.05) is 20.8 Å². The Morgan fingerprint density at radius 1 is 1.00 bits per heavy atom. The molecule has 0 saturated carbocycles. The van der Waals surface area contributed by atoms with Gasteiger partial charge in [0.2, 0.25) is 11.8 Å². The van der Waals surface area contributed by atoms with Crippen molar-refractivity contribution in [2.24, 2.45) is 0 Å². The molecule has 0 bridgehead atoms. The molecule has 0 radical (unpaired) electrons. The molecule has 0 amide bonds. The van der Waals surface area contributed by atoms with E-state index in [0.29, 0.717) is 25.7 Å². The number of hydrogen-bond acceptors (Lipinski definition) is 7. The summed E-state index contributed by atoms with van der Waals surface area (Å²) in [7, 11) is 0. The van der Waals surface area contributed by atoms with Crippen LogP contribution in [-0.2, 0) is 20.9 Å². The number of hydrogen-bond donors (Lipinski definition) is 0. The van der Waals surface area contributed by atoms with Gasteiger partial charge in [-0.05, 0) is 20.8 Å². The van der Waals surface area contributed by atoms with Crippen LogP contribution in [0.4, 0.5) is 0 Å². The van der Waals surface area contributed by atoms with E-state index in [-0.39, 0.29) is 5.88 Å². The molecule has 0 aliphatic carbocycles. The molecule has 0 aliphatic rings. The molecular weight excluding hydrogens is 275 g/mol. The predicted octanol–water partition coefficient (Wildman–Crippen LogP) is 2.55. The Morgan fingerprint density at radius 3 is 2.00 bits per heavy atom. The largest absolute Gasteiger partial charge is 0.477 e. The number of rotatable bonds is 8. The maximum atomic E-state index is 5.47. The lowest BCUT2D eigenvalue weighted by molar-refractivity contribution is 0.215. The molecule has 0 aliphatic heterocycles. The van der Waals surface area contributed by atoms with Gasteiger partial charge >= 0.3 is 6.72 Å². The molecule has 1 aromatic heterocycles. The van der Waals surface area contributed by atoms with Crippen LogP contribution in [-0.4, -0.2) is 30.0 Å². The van der Waals surface area contributed by atoms with E-state index in [9.17, 15) is 0 Å². The van der Waals surface area contributed by atoms with Crippen molar-refractivity contribution in [3.63, 3.8) is 0 Å². The van der Waals surface area contributed by atoms with Crippen LogP contribution in [0.2, 0.25) is 0 Å². The summed E-state index contributed by atoms with van der Waals surface area (Å²) < 4.78 is 21.3. The second-order valence-corrected chi connectivity index (χ2v) is 5.95. The Labute approximate surface area is 112 Å². The molecule has 0 spiro atoms. The van der Waals surface area contributed by atoms with Crippen molar-refractivity contribution in [2.45, 2.75) is 20.8 Å². The van der Waals surface area contributed by atoms with Crippen molar-refractivity contribution in [2.75, 3.05) is 19.8 Å². The first-order valence-electron chi connectivity index (χ1n) is 5.68. The van der Waals surface area contributed by atoms with Gasteiger partial charge in [-0.1, -0.05) is 0 Å². The zero-order valence-electron chi connectivity index (χ0n) is 10.7. The van der Waals surface area contributed by atoms with E-state index >= 15 is 0 Å². The summed E-state index contributed by atoms with van der Waals surface area (Å²) in [6.07, 6.45) is 0. The predicted molar refractivity (Wildman–Crippen MR) is 71.4 cm³/mol. The van der Waals surface area contributed by atoms with Crippen LogP contribution in [0.15, 0.2) is 12.1 Å². The lowest BCUT2D eigenvalue weighted by atomic mass is 10.5. The van der Waals surface area contributed by atoms with Crippen LogP contribution in [0.1, 0.15) is 20.8 Å². The lowest BCUT2D eigenvalue weighted by Crippen LogP contribution is -2.04. The van der Waals surface area contributed by atoms with Crippen molar-refractivity contribution in [1.82, 2.24) is 10.2 Å². The second kappa shape index (κ2) is 7.63. The van der Waals surface area contributed by atoms with Gasteiger partial charge in [0.05, 0.1) is 19.8 Å². The topological polar surface area (TPSA) is 62.7 Å². The van der Waals surface area contributed by atoms with E-state index < -0.39 is 6.72 Å². The van der Waals surface area contributed by atoms with Crippen molar-refractivity contribution in [3.05, 3.63) is 12.1 Å². The third kappa shape index (κ3) is 4.86. The van der Waals surface area contributed by atoms with Crippen molar-refractivity contribution < 1.29 is 18.3 Å². The molecule has 1 heterocycles. The highest BCUT2D eigenvalue weighted by atomic mass is 32.5. The third-order valence-electron chi connectivity index (χ3n) is 1.69. The molecule has 102 valence electrons.